The molecular formula is C32H27F7N8O2. The second kappa shape index (κ2) is 13.0. The molecule has 5 aromatic rings. The molecule has 1 fully saturated rings. The molecule has 1 aliphatic heterocycles. The van der Waals surface area contributed by atoms with Crippen LogP contribution in [-0.2, 0) is 18.1 Å². The van der Waals surface area contributed by atoms with Gasteiger partial charge in [-0.2, -0.15) is 22.0 Å². The first-order valence-corrected chi connectivity index (χ1v) is 14.8. The van der Waals surface area contributed by atoms with Gasteiger partial charge in [-0.15, -0.1) is 5.10 Å². The first-order valence-electron chi connectivity index (χ1n) is 14.8. The summed E-state index contributed by atoms with van der Waals surface area (Å²) >= 11 is 0. The Bertz CT molecular complexity index is 1890. The van der Waals surface area contributed by atoms with Crippen LogP contribution in [0.15, 0.2) is 85.5 Å². The third-order valence-electron chi connectivity index (χ3n) is 8.33. The molecule has 4 heterocycles. The molecule has 10 nitrogen and oxygen atoms in total. The lowest BCUT2D eigenvalue weighted by molar-refractivity contribution is -0.207. The number of pyridine rings is 2. The van der Waals surface area contributed by atoms with Crippen molar-refractivity contribution in [2.45, 2.75) is 30.3 Å². The zero-order chi connectivity index (χ0) is 35.0. The molecule has 0 spiro atoms. The van der Waals surface area contributed by atoms with E-state index in [0.717, 1.165) is 34.9 Å². The number of tetrazole rings is 1. The smallest absolute Gasteiger partial charge is 0.378 e. The Balaban J connectivity index is 1.15. The SMILES string of the molecule is OC(c1cc(N2CCN(c3ccc(-c4ccc(C(F)(F)C(O)(Cn5cnnn5)c5ccc(F)cc5F)nc4)cc3)CC2)ccn1)C(F)(F)F. The van der Waals surface area contributed by atoms with Gasteiger partial charge in [-0.1, -0.05) is 18.2 Å². The number of aliphatic hydroxyl groups excluding tert-OH is 1. The number of anilines is 2. The van der Waals surface area contributed by atoms with E-state index in [4.69, 9.17) is 0 Å². The topological polar surface area (TPSA) is 116 Å². The number of benzene rings is 2. The maximum Gasteiger partial charge on any atom is 0.420 e. The molecule has 49 heavy (non-hydrogen) atoms. The number of aliphatic hydroxyl groups is 2. The van der Waals surface area contributed by atoms with Crippen LogP contribution < -0.4 is 9.80 Å². The van der Waals surface area contributed by atoms with E-state index in [1.165, 1.54) is 24.5 Å². The number of rotatable bonds is 9. The molecule has 0 saturated carbocycles. The molecule has 1 saturated heterocycles. The zero-order valence-electron chi connectivity index (χ0n) is 25.3. The van der Waals surface area contributed by atoms with Crippen LogP contribution in [0, 0.1) is 11.6 Å². The Labute approximate surface area is 274 Å². The summed E-state index contributed by atoms with van der Waals surface area (Å²) < 4.78 is 100. The molecule has 17 heteroatoms. The van der Waals surface area contributed by atoms with Gasteiger partial charge >= 0.3 is 12.1 Å². The van der Waals surface area contributed by atoms with Crippen molar-refractivity contribution in [2.75, 3.05) is 36.0 Å². The fraction of sp³-hybridized carbons (Fsp3) is 0.281. The molecule has 0 bridgehead atoms. The van der Waals surface area contributed by atoms with E-state index in [1.54, 1.807) is 18.2 Å². The lowest BCUT2D eigenvalue weighted by atomic mass is 9.84. The average Bonchev–Trinajstić information content (AvgIpc) is 3.60. The minimum atomic E-state index is -4.83. The highest BCUT2D eigenvalue weighted by molar-refractivity contribution is 5.66. The van der Waals surface area contributed by atoms with Crippen LogP contribution in [0.4, 0.5) is 42.1 Å². The van der Waals surface area contributed by atoms with Gasteiger partial charge in [0, 0.05) is 67.1 Å². The molecule has 2 unspecified atom stereocenters. The largest absolute Gasteiger partial charge is 0.420 e. The maximum atomic E-state index is 16.1. The van der Waals surface area contributed by atoms with Crippen molar-refractivity contribution in [1.82, 2.24) is 30.2 Å². The third-order valence-corrected chi connectivity index (χ3v) is 8.33. The summed E-state index contributed by atoms with van der Waals surface area (Å²) in [5.41, 5.74) is -2.99. The molecule has 6 rings (SSSR count). The molecule has 2 atom stereocenters. The average molecular weight is 689 g/mol. The van der Waals surface area contributed by atoms with Crippen molar-refractivity contribution < 1.29 is 40.9 Å². The van der Waals surface area contributed by atoms with Gasteiger partial charge in [0.2, 0.25) is 0 Å². The van der Waals surface area contributed by atoms with Crippen molar-refractivity contribution in [3.05, 3.63) is 114 Å². The summed E-state index contributed by atoms with van der Waals surface area (Å²) in [6.45, 7) is 1.11. The van der Waals surface area contributed by atoms with E-state index < -0.39 is 58.9 Å². The van der Waals surface area contributed by atoms with Gasteiger partial charge in [-0.3, -0.25) is 9.97 Å². The molecule has 1 aliphatic rings. The van der Waals surface area contributed by atoms with Gasteiger partial charge < -0.3 is 20.0 Å². The highest BCUT2D eigenvalue weighted by Gasteiger charge is 2.58. The van der Waals surface area contributed by atoms with Gasteiger partial charge in [-0.25, -0.2) is 13.5 Å². The normalized spacial score (nSPS) is 16.0. The van der Waals surface area contributed by atoms with Crippen LogP contribution in [-0.4, -0.2) is 72.7 Å². The summed E-state index contributed by atoms with van der Waals surface area (Å²) in [4.78, 5) is 11.5. The number of nitrogens with zero attached hydrogens (tertiary/aromatic N) is 8. The van der Waals surface area contributed by atoms with Crippen LogP contribution in [0.1, 0.15) is 23.1 Å². The molecular weight excluding hydrogens is 661 g/mol. The summed E-state index contributed by atoms with van der Waals surface area (Å²) in [6.07, 6.45) is -4.11. The van der Waals surface area contributed by atoms with E-state index in [1.807, 2.05) is 17.0 Å². The summed E-state index contributed by atoms with van der Waals surface area (Å²) in [5.74, 6) is -6.60. The number of hydrogen-bond donors (Lipinski definition) is 2. The second-order valence-electron chi connectivity index (χ2n) is 11.4. The zero-order valence-corrected chi connectivity index (χ0v) is 25.3. The fourth-order valence-electron chi connectivity index (χ4n) is 5.67. The molecule has 2 N–H and O–H groups in total. The molecule has 0 amide bonds. The van der Waals surface area contributed by atoms with E-state index in [0.29, 0.717) is 49.1 Å². The summed E-state index contributed by atoms with van der Waals surface area (Å²) in [5, 5.41) is 31.2. The standard InChI is InChI=1S/C32H27F7N8O2/c33-22-4-7-25(26(34)15-22)30(49,18-47-19-42-43-44-47)31(35,36)28-8-3-21(17-41-28)20-1-5-23(6-2-20)45-11-13-46(14-12-45)24-9-10-40-27(16-24)29(48)32(37,38)39/h1-10,15-17,19,29,48-49H,11-14,18H2. The monoisotopic (exact) mass is 688 g/mol. The van der Waals surface area contributed by atoms with Crippen molar-refractivity contribution in [1.29, 1.82) is 0 Å². The Kier molecular flexibility index (Phi) is 8.98. The maximum absolute atomic E-state index is 16.1. The van der Waals surface area contributed by atoms with Gasteiger partial charge in [-0.05, 0) is 58.5 Å². The first-order chi connectivity index (χ1) is 23.3. The van der Waals surface area contributed by atoms with E-state index in [9.17, 15) is 32.2 Å². The molecule has 256 valence electrons. The van der Waals surface area contributed by atoms with E-state index in [2.05, 4.69) is 30.4 Å². The van der Waals surface area contributed by atoms with Gasteiger partial charge in [0.1, 0.15) is 23.7 Å². The Morgan fingerprint density at radius 2 is 1.45 bits per heavy atom. The highest BCUT2D eigenvalue weighted by atomic mass is 19.4. The number of halogens is 7. The predicted molar refractivity (Wildman–Crippen MR) is 161 cm³/mol. The molecule has 3 aromatic heterocycles. The minimum Gasteiger partial charge on any atom is -0.378 e. The van der Waals surface area contributed by atoms with Crippen molar-refractivity contribution in [2.24, 2.45) is 0 Å². The molecule has 0 radical (unpaired) electrons. The van der Waals surface area contributed by atoms with E-state index >= 15 is 8.78 Å². The van der Waals surface area contributed by atoms with E-state index in [-0.39, 0.29) is 0 Å². The van der Waals surface area contributed by atoms with Gasteiger partial charge in [0.25, 0.3) is 0 Å². The predicted octanol–water partition coefficient (Wildman–Crippen LogP) is 5.01. The number of piperazine rings is 1. The third kappa shape index (κ3) is 6.76. The number of hydrogen-bond acceptors (Lipinski definition) is 9. The Hall–Kier alpha value is -5.16. The summed E-state index contributed by atoms with van der Waals surface area (Å²) in [7, 11) is 0. The summed E-state index contributed by atoms with van der Waals surface area (Å²) in [6, 6.07) is 14.3. The fourth-order valence-corrected chi connectivity index (χ4v) is 5.67. The number of alkyl halides is 5. The first kappa shape index (κ1) is 33.7. The Morgan fingerprint density at radius 1 is 0.776 bits per heavy atom. The molecule has 2 aromatic carbocycles. The van der Waals surface area contributed by atoms with Crippen LogP contribution in [0.3, 0.4) is 0 Å². The quantitative estimate of drug-likeness (QED) is 0.206. The second-order valence-corrected chi connectivity index (χ2v) is 11.4. The van der Waals surface area contributed by atoms with Gasteiger partial charge in [0.15, 0.2) is 11.7 Å². The lowest BCUT2D eigenvalue weighted by Crippen LogP contribution is -2.48. The van der Waals surface area contributed by atoms with Crippen LogP contribution in [0.2, 0.25) is 0 Å². The van der Waals surface area contributed by atoms with Crippen molar-refractivity contribution >= 4 is 11.4 Å². The minimum absolute atomic E-state index is 0.389. The number of aromatic nitrogens is 6. The van der Waals surface area contributed by atoms with Crippen molar-refractivity contribution in [3.63, 3.8) is 0 Å². The van der Waals surface area contributed by atoms with Crippen LogP contribution >= 0.6 is 0 Å². The highest BCUT2D eigenvalue weighted by Crippen LogP contribution is 2.47. The van der Waals surface area contributed by atoms with Crippen LogP contribution in [0.25, 0.3) is 11.1 Å². The van der Waals surface area contributed by atoms with Crippen LogP contribution in [0.5, 0.6) is 0 Å². The lowest BCUT2D eigenvalue weighted by Gasteiger charge is -2.37. The van der Waals surface area contributed by atoms with Crippen molar-refractivity contribution in [3.8, 4) is 11.1 Å². The molecule has 0 aliphatic carbocycles. The van der Waals surface area contributed by atoms with Gasteiger partial charge in [0.05, 0.1) is 12.2 Å². The Morgan fingerprint density at radius 3 is 2.04 bits per heavy atom.